The Morgan fingerprint density at radius 2 is 0.774 bits per heavy atom. The molecule has 62 heavy (non-hydrogen) atoms. The third-order valence-corrected chi connectivity index (χ3v) is 15.6. The summed E-state index contributed by atoms with van der Waals surface area (Å²) in [6.45, 7) is 37.1. The summed E-state index contributed by atoms with van der Waals surface area (Å²) in [5.41, 5.74) is 5.69. The monoisotopic (exact) mass is 984 g/mol. The van der Waals surface area contributed by atoms with Gasteiger partial charge in [0.05, 0.1) is 11.1 Å². The first kappa shape index (κ1) is 57.7. The first-order valence-corrected chi connectivity index (χ1v) is 25.2. The Kier molecular flexibility index (Phi) is 23.6. The molecule has 6 aromatic heterocycles. The maximum Gasteiger partial charge on any atom is 0.417 e. The second kappa shape index (κ2) is 25.4. The van der Waals surface area contributed by atoms with E-state index < -0.39 is 28.6 Å². The van der Waals surface area contributed by atoms with Crippen LogP contribution in [0.1, 0.15) is 162 Å². The Morgan fingerprint density at radius 1 is 0.403 bits per heavy atom. The smallest absolute Gasteiger partial charge is 0.195 e. The number of thiophene rings is 6. The van der Waals surface area contributed by atoms with Crippen LogP contribution in [-0.2, 0) is 12.4 Å². The minimum atomic E-state index is -4.43. The molecule has 6 rings (SSSR count). The molecule has 0 nitrogen and oxygen atoms in total. The van der Waals surface area contributed by atoms with Crippen molar-refractivity contribution >= 4 is 68.0 Å². The number of rotatable bonds is 4. The summed E-state index contributed by atoms with van der Waals surface area (Å²) >= 11 is 8.60. The van der Waals surface area contributed by atoms with Gasteiger partial charge in [0.15, 0.2) is 10.3 Å². The lowest BCUT2D eigenvalue weighted by atomic mass is 10.0. The summed E-state index contributed by atoms with van der Waals surface area (Å²) in [4.78, 5) is 9.49. The predicted octanol–water partition coefficient (Wildman–Crippen LogP) is 20.4. The van der Waals surface area contributed by atoms with Crippen molar-refractivity contribution in [2.45, 2.75) is 161 Å². The van der Waals surface area contributed by atoms with Gasteiger partial charge in [-0.25, -0.2) is 0 Å². The zero-order valence-corrected chi connectivity index (χ0v) is 44.1. The molecule has 0 N–H and O–H groups in total. The normalized spacial score (nSPS) is 11.3. The van der Waals surface area contributed by atoms with Gasteiger partial charge < -0.3 is 0 Å². The van der Waals surface area contributed by atoms with E-state index in [0.29, 0.717) is 50.8 Å². The maximum absolute atomic E-state index is 12.6. The molecule has 14 heteroatoms. The zero-order chi connectivity index (χ0) is 48.2. The molecule has 0 unspecified atom stereocenters. The van der Waals surface area contributed by atoms with Crippen LogP contribution < -0.4 is 0 Å². The Morgan fingerprint density at radius 3 is 0.968 bits per heavy atom. The summed E-state index contributed by atoms with van der Waals surface area (Å²) in [6.07, 6.45) is -8.61. The van der Waals surface area contributed by atoms with E-state index in [9.17, 15) is 35.1 Å². The van der Waals surface area contributed by atoms with Gasteiger partial charge in [-0.15, -0.1) is 68.0 Å². The minimum absolute atomic E-state index is 0.0324. The minimum Gasteiger partial charge on any atom is -0.195 e. The molecule has 348 valence electrons. The Hall–Kier alpha value is -2.36. The Balaban J connectivity index is 0.000000373. The topological polar surface area (TPSA) is 0 Å². The molecule has 0 saturated heterocycles. The molecular formula is C48H64F8S6. The van der Waals surface area contributed by atoms with Crippen molar-refractivity contribution in [2.24, 2.45) is 0 Å². The van der Waals surface area contributed by atoms with Gasteiger partial charge in [-0.2, -0.15) is 35.1 Å². The van der Waals surface area contributed by atoms with E-state index in [1.165, 1.54) is 89.2 Å². The van der Waals surface area contributed by atoms with Crippen LogP contribution in [0.15, 0.2) is 35.7 Å². The summed E-state index contributed by atoms with van der Waals surface area (Å²) in [5.74, 6) is 2.49. The van der Waals surface area contributed by atoms with E-state index in [2.05, 4.69) is 114 Å². The van der Waals surface area contributed by atoms with E-state index >= 15 is 0 Å². The van der Waals surface area contributed by atoms with Gasteiger partial charge in [-0.1, -0.05) is 55.4 Å². The van der Waals surface area contributed by atoms with Crippen LogP contribution in [0.4, 0.5) is 35.1 Å². The van der Waals surface area contributed by atoms with Gasteiger partial charge in [0, 0.05) is 43.9 Å². The van der Waals surface area contributed by atoms with Gasteiger partial charge in [0.2, 0.25) is 0 Å². The van der Waals surface area contributed by atoms with Gasteiger partial charge in [-0.05, 0) is 156 Å². The largest absolute Gasteiger partial charge is 0.417 e. The molecule has 6 aromatic rings. The van der Waals surface area contributed by atoms with Crippen LogP contribution in [0.2, 0.25) is 0 Å². The van der Waals surface area contributed by atoms with Gasteiger partial charge in [-0.3, -0.25) is 0 Å². The van der Waals surface area contributed by atoms with E-state index in [1.807, 2.05) is 40.9 Å². The number of halogens is 8. The van der Waals surface area contributed by atoms with Crippen LogP contribution in [0.3, 0.4) is 0 Å². The summed E-state index contributed by atoms with van der Waals surface area (Å²) in [6, 6.07) is 7.99. The van der Waals surface area contributed by atoms with E-state index in [4.69, 9.17) is 0 Å². The third-order valence-electron chi connectivity index (χ3n) is 9.49. The molecule has 0 aliphatic carbocycles. The lowest BCUT2D eigenvalue weighted by molar-refractivity contribution is -0.138. The summed E-state index contributed by atoms with van der Waals surface area (Å²) in [5, 5.41) is 1.33. The first-order chi connectivity index (χ1) is 28.3. The lowest BCUT2D eigenvalue weighted by Gasteiger charge is -2.03. The number of alkyl halides is 6. The lowest BCUT2D eigenvalue weighted by Crippen LogP contribution is -2.04. The fourth-order valence-corrected chi connectivity index (χ4v) is 11.6. The molecule has 0 spiro atoms. The van der Waals surface area contributed by atoms with Crippen LogP contribution in [-0.4, -0.2) is 0 Å². The average molecular weight is 985 g/mol. The molecule has 6 heterocycles. The Bertz CT molecular complexity index is 2100. The highest BCUT2D eigenvalue weighted by atomic mass is 32.1. The summed E-state index contributed by atoms with van der Waals surface area (Å²) in [7, 11) is 0. The molecule has 0 aliphatic rings. The van der Waals surface area contributed by atoms with E-state index in [-0.39, 0.29) is 10.0 Å². The van der Waals surface area contributed by atoms with Crippen molar-refractivity contribution in [2.75, 3.05) is 0 Å². The highest BCUT2D eigenvalue weighted by Crippen LogP contribution is 2.37. The fraction of sp³-hybridized carbons (Fsp3) is 0.500. The molecule has 0 radical (unpaired) electrons. The van der Waals surface area contributed by atoms with Crippen molar-refractivity contribution in [1.82, 2.24) is 0 Å². The first-order valence-electron chi connectivity index (χ1n) is 20.2. The molecule has 0 fully saturated rings. The highest BCUT2D eigenvalue weighted by molar-refractivity contribution is 7.13. The van der Waals surface area contributed by atoms with Crippen molar-refractivity contribution < 1.29 is 35.1 Å². The predicted molar refractivity (Wildman–Crippen MR) is 260 cm³/mol. The van der Waals surface area contributed by atoms with Crippen molar-refractivity contribution in [1.29, 1.82) is 0 Å². The van der Waals surface area contributed by atoms with Crippen LogP contribution in [0.25, 0.3) is 0 Å². The van der Waals surface area contributed by atoms with E-state index in [1.54, 1.807) is 13.0 Å². The third kappa shape index (κ3) is 19.0. The van der Waals surface area contributed by atoms with Crippen LogP contribution in [0.5, 0.6) is 0 Å². The fourth-order valence-electron chi connectivity index (χ4n) is 5.90. The van der Waals surface area contributed by atoms with Gasteiger partial charge in [0.1, 0.15) is 0 Å². The molecular weight excluding hydrogens is 921 g/mol. The maximum atomic E-state index is 12.6. The number of hydrogen-bond acceptors (Lipinski definition) is 6. The molecule has 0 aromatic carbocycles. The molecule has 0 atom stereocenters. The summed E-state index contributed by atoms with van der Waals surface area (Å²) < 4.78 is 96.7. The van der Waals surface area contributed by atoms with Crippen molar-refractivity contribution in [3.05, 3.63) is 129 Å². The number of hydrogen-bond donors (Lipinski definition) is 0. The second-order valence-corrected chi connectivity index (χ2v) is 23.9. The van der Waals surface area contributed by atoms with Crippen LogP contribution >= 0.6 is 68.0 Å². The van der Waals surface area contributed by atoms with Crippen LogP contribution in [0, 0.1) is 79.5 Å². The molecule has 0 bridgehead atoms. The van der Waals surface area contributed by atoms with Crippen molar-refractivity contribution in [3.63, 3.8) is 0 Å². The van der Waals surface area contributed by atoms with E-state index in [0.717, 1.165) is 10.4 Å². The quantitative estimate of drug-likeness (QED) is 0.154. The molecule has 0 amide bonds. The zero-order valence-electron chi connectivity index (χ0n) is 39.2. The standard InChI is InChI=1S/C11H18S.C9H14S.C8H11FS.C7H7F3S.C7H10S.C6H4F4S/c1-7(2)10-6-11(8(3)4)12-9(10)5;1-6(2)9-5-7(3)10-8(9)4;1-5(2)7-4-8(9)10-6(7)3;1-4-3-6(5(2)11-4)7(8,9)10;1-5-4-8-7(3)6(5)2;1-3-4(6(8,9)10)2-5(7)11-3/h6-8H,1-5H3;5-6H,1-4H3;4-5H,1-3H3;3H,1-2H3;4H,1-3H3;2H,1H3. The highest BCUT2D eigenvalue weighted by Gasteiger charge is 2.34. The second-order valence-electron chi connectivity index (χ2n) is 16.2. The van der Waals surface area contributed by atoms with Crippen molar-refractivity contribution in [3.8, 4) is 0 Å². The van der Waals surface area contributed by atoms with Gasteiger partial charge in [0.25, 0.3) is 0 Å². The number of aryl methyl sites for hydroxylation is 9. The SMILES string of the molecule is Cc1cc(C(C)C)c(C)s1.Cc1cc(C(F)(F)F)c(C)s1.Cc1csc(C)c1C.Cc1sc(C(C)C)cc1C(C)C.Cc1sc(F)cc1C(C)C.Cc1sc(F)cc1C(F)(F)F. The molecule has 0 saturated carbocycles. The van der Waals surface area contributed by atoms with Gasteiger partial charge >= 0.3 is 12.4 Å². The molecule has 0 aliphatic heterocycles. The average Bonchev–Trinajstić information content (AvgIpc) is 3.98. The Labute approximate surface area is 390 Å².